The van der Waals surface area contributed by atoms with Crippen LogP contribution in [0.15, 0.2) is 4.52 Å². The molecule has 24 heavy (non-hydrogen) atoms. The highest BCUT2D eigenvalue weighted by atomic mass is 16.5. The van der Waals surface area contributed by atoms with Crippen molar-refractivity contribution in [3.63, 3.8) is 0 Å². The molecule has 5 nitrogen and oxygen atoms in total. The van der Waals surface area contributed by atoms with Crippen molar-refractivity contribution < 1.29 is 9.32 Å². The summed E-state index contributed by atoms with van der Waals surface area (Å²) in [5.41, 5.74) is 2.12. The van der Waals surface area contributed by atoms with Gasteiger partial charge in [0.25, 0.3) is 5.91 Å². The van der Waals surface area contributed by atoms with Crippen molar-refractivity contribution in [2.45, 2.75) is 57.4 Å². The zero-order valence-electron chi connectivity index (χ0n) is 14.4. The van der Waals surface area contributed by atoms with E-state index in [0.29, 0.717) is 17.7 Å². The van der Waals surface area contributed by atoms with Gasteiger partial charge in [-0.15, -0.1) is 0 Å². The zero-order chi connectivity index (χ0) is 16.1. The van der Waals surface area contributed by atoms with Crippen molar-refractivity contribution in [3.05, 3.63) is 17.0 Å². The summed E-state index contributed by atoms with van der Waals surface area (Å²) in [6.45, 7) is 4.20. The number of fused-ring (bicyclic) bond motifs is 5. The molecule has 1 aromatic rings. The maximum Gasteiger partial charge on any atom is 0.292 e. The average Bonchev–Trinajstić information content (AvgIpc) is 3.37. The highest BCUT2D eigenvalue weighted by molar-refractivity contribution is 5.93. The first kappa shape index (κ1) is 14.9. The van der Waals surface area contributed by atoms with Gasteiger partial charge in [0.2, 0.25) is 5.76 Å². The fourth-order valence-corrected chi connectivity index (χ4v) is 4.90. The molecule has 0 radical (unpaired) electrons. The Balaban J connectivity index is 1.35. The topological polar surface area (TPSA) is 49.6 Å². The van der Waals surface area contributed by atoms with Crippen molar-refractivity contribution in [1.29, 1.82) is 0 Å². The number of aryl methyl sites for hydroxylation is 1. The van der Waals surface area contributed by atoms with Gasteiger partial charge in [-0.05, 0) is 63.2 Å². The van der Waals surface area contributed by atoms with Crippen LogP contribution in [0.25, 0.3) is 0 Å². The largest absolute Gasteiger partial charge is 0.350 e. The Morgan fingerprint density at radius 1 is 1.08 bits per heavy atom. The van der Waals surface area contributed by atoms with Crippen molar-refractivity contribution in [1.82, 2.24) is 15.0 Å². The monoisotopic (exact) mass is 329 g/mol. The Morgan fingerprint density at radius 2 is 1.96 bits per heavy atom. The van der Waals surface area contributed by atoms with Crippen LogP contribution >= 0.6 is 0 Å². The number of aromatic nitrogens is 1. The van der Waals surface area contributed by atoms with Crippen molar-refractivity contribution in [2.75, 3.05) is 26.2 Å². The molecular formula is C19H27N3O2. The lowest BCUT2D eigenvalue weighted by atomic mass is 9.95. The van der Waals surface area contributed by atoms with E-state index in [0.717, 1.165) is 55.9 Å². The van der Waals surface area contributed by atoms with Gasteiger partial charge in [0, 0.05) is 37.8 Å². The number of carbonyl (C=O) groups excluding carboxylic acids is 1. The van der Waals surface area contributed by atoms with Crippen LogP contribution in [0.2, 0.25) is 0 Å². The number of carbonyl (C=O) groups is 1. The lowest BCUT2D eigenvalue weighted by Crippen LogP contribution is -2.45. The summed E-state index contributed by atoms with van der Waals surface area (Å²) in [7, 11) is 0. The minimum Gasteiger partial charge on any atom is -0.350 e. The maximum absolute atomic E-state index is 13.1. The molecule has 0 aromatic carbocycles. The van der Waals surface area contributed by atoms with Crippen LogP contribution in [-0.2, 0) is 12.8 Å². The van der Waals surface area contributed by atoms with Crippen LogP contribution in [0, 0.1) is 11.8 Å². The third kappa shape index (κ3) is 2.67. The van der Waals surface area contributed by atoms with Crippen LogP contribution in [-0.4, -0.2) is 53.1 Å². The molecule has 4 heterocycles. The summed E-state index contributed by atoms with van der Waals surface area (Å²) in [5, 5.41) is 4.18. The summed E-state index contributed by atoms with van der Waals surface area (Å²) in [6, 6.07) is 0.548. The number of hydrogen-bond acceptors (Lipinski definition) is 4. The molecule has 2 bridgehead atoms. The van der Waals surface area contributed by atoms with E-state index in [4.69, 9.17) is 4.52 Å². The molecule has 5 heteroatoms. The second-order valence-electron chi connectivity index (χ2n) is 8.35. The molecule has 0 spiro atoms. The number of hydrogen-bond donors (Lipinski definition) is 0. The van der Waals surface area contributed by atoms with Crippen molar-refractivity contribution >= 4 is 5.91 Å². The molecule has 130 valence electrons. The molecule has 2 atom stereocenters. The zero-order valence-corrected chi connectivity index (χ0v) is 14.4. The second-order valence-corrected chi connectivity index (χ2v) is 8.35. The van der Waals surface area contributed by atoms with E-state index in [9.17, 15) is 4.79 Å². The van der Waals surface area contributed by atoms with E-state index in [2.05, 4.69) is 15.0 Å². The second kappa shape index (κ2) is 5.87. The number of amides is 1. The van der Waals surface area contributed by atoms with Gasteiger partial charge in [-0.3, -0.25) is 9.69 Å². The van der Waals surface area contributed by atoms with Gasteiger partial charge in [-0.2, -0.15) is 0 Å². The van der Waals surface area contributed by atoms with Crippen LogP contribution in [0.4, 0.5) is 0 Å². The van der Waals surface area contributed by atoms with E-state index >= 15 is 0 Å². The SMILES string of the molecule is O=C(c1onc2c1CCCC2)N1C[C@H]2CC[C@@H](C1)N(CC1CC1)C2. The van der Waals surface area contributed by atoms with E-state index in [-0.39, 0.29) is 5.91 Å². The lowest BCUT2D eigenvalue weighted by Gasteiger charge is -2.36. The molecule has 2 aliphatic carbocycles. The number of rotatable bonds is 3. The first-order chi connectivity index (χ1) is 11.8. The summed E-state index contributed by atoms with van der Waals surface area (Å²) in [6.07, 6.45) is 9.55. The number of piperidine rings is 1. The predicted molar refractivity (Wildman–Crippen MR) is 89.9 cm³/mol. The van der Waals surface area contributed by atoms with Crippen LogP contribution in [0.3, 0.4) is 0 Å². The van der Waals surface area contributed by atoms with Gasteiger partial charge in [0.1, 0.15) is 0 Å². The average molecular weight is 329 g/mol. The van der Waals surface area contributed by atoms with Crippen LogP contribution in [0.1, 0.15) is 60.3 Å². The highest BCUT2D eigenvalue weighted by Gasteiger charge is 2.40. The van der Waals surface area contributed by atoms with Crippen LogP contribution < -0.4 is 0 Å². The Labute approximate surface area is 143 Å². The van der Waals surface area contributed by atoms with Crippen molar-refractivity contribution in [3.8, 4) is 0 Å². The normalized spacial score (nSPS) is 30.2. The van der Waals surface area contributed by atoms with Gasteiger partial charge in [-0.1, -0.05) is 5.16 Å². The van der Waals surface area contributed by atoms with Gasteiger partial charge in [0.15, 0.2) is 0 Å². The summed E-state index contributed by atoms with van der Waals surface area (Å²) < 4.78 is 5.51. The third-order valence-electron chi connectivity index (χ3n) is 6.46. The quantitative estimate of drug-likeness (QED) is 0.855. The van der Waals surface area contributed by atoms with Gasteiger partial charge >= 0.3 is 0 Å². The minimum atomic E-state index is 0.0934. The lowest BCUT2D eigenvalue weighted by molar-refractivity contribution is 0.0694. The molecule has 3 aliphatic heterocycles. The third-order valence-corrected chi connectivity index (χ3v) is 6.46. The molecule has 6 rings (SSSR count). The molecular weight excluding hydrogens is 302 g/mol. The fourth-order valence-electron chi connectivity index (χ4n) is 4.90. The van der Waals surface area contributed by atoms with E-state index in [1.54, 1.807) is 0 Å². The molecule has 4 fully saturated rings. The van der Waals surface area contributed by atoms with Gasteiger partial charge in [-0.25, -0.2) is 0 Å². The summed E-state index contributed by atoms with van der Waals surface area (Å²) in [4.78, 5) is 17.9. The van der Waals surface area contributed by atoms with Gasteiger partial charge in [0.05, 0.1) is 5.69 Å². The minimum absolute atomic E-state index is 0.0934. The van der Waals surface area contributed by atoms with Gasteiger partial charge < -0.3 is 9.42 Å². The molecule has 1 aromatic heterocycles. The molecule has 1 saturated carbocycles. The highest BCUT2D eigenvalue weighted by Crippen LogP contribution is 2.35. The fraction of sp³-hybridized carbons (Fsp3) is 0.789. The van der Waals surface area contributed by atoms with Crippen LogP contribution in [0.5, 0.6) is 0 Å². The summed E-state index contributed by atoms with van der Waals surface area (Å²) >= 11 is 0. The molecule has 5 aliphatic rings. The molecule has 0 N–H and O–H groups in total. The predicted octanol–water partition coefficient (Wildman–Crippen LogP) is 2.50. The smallest absolute Gasteiger partial charge is 0.292 e. The van der Waals surface area contributed by atoms with Crippen molar-refractivity contribution in [2.24, 2.45) is 11.8 Å². The summed E-state index contributed by atoms with van der Waals surface area (Å²) in [5.74, 6) is 2.19. The Hall–Kier alpha value is -1.36. The molecule has 1 amide bonds. The Kier molecular flexibility index (Phi) is 3.65. The number of nitrogens with zero attached hydrogens (tertiary/aromatic N) is 3. The Bertz CT molecular complexity index is 637. The molecule has 3 saturated heterocycles. The molecule has 0 unspecified atom stereocenters. The first-order valence-electron chi connectivity index (χ1n) is 9.78. The standard InChI is InChI=1S/C19H27N3O2/c23-19(18-16-3-1-2-4-17(16)20-24-18)22-11-14-7-8-15(12-22)21(10-14)9-13-5-6-13/h13-15H,1-12H2/t14-,15-/m0/s1. The van der Waals surface area contributed by atoms with E-state index < -0.39 is 0 Å². The van der Waals surface area contributed by atoms with E-state index in [1.165, 1.54) is 38.8 Å². The maximum atomic E-state index is 13.1. The Morgan fingerprint density at radius 3 is 2.83 bits per heavy atom. The van der Waals surface area contributed by atoms with E-state index in [1.807, 2.05) is 0 Å². The first-order valence-corrected chi connectivity index (χ1v) is 9.78.